The van der Waals surface area contributed by atoms with Crippen molar-refractivity contribution in [2.45, 2.75) is 26.2 Å². The molecule has 0 aliphatic heterocycles. The summed E-state index contributed by atoms with van der Waals surface area (Å²) in [4.78, 5) is 25.7. The number of hydrogen-bond acceptors (Lipinski definition) is 5. The fourth-order valence-electron chi connectivity index (χ4n) is 2.71. The summed E-state index contributed by atoms with van der Waals surface area (Å²) in [6.45, 7) is 3.39. The molecule has 1 aliphatic rings. The van der Waals surface area contributed by atoms with Gasteiger partial charge in [0.15, 0.2) is 0 Å². The molecule has 2 unspecified atom stereocenters. The highest BCUT2D eigenvalue weighted by Gasteiger charge is 2.35. The smallest absolute Gasteiger partial charge is 0.325 e. The van der Waals surface area contributed by atoms with Crippen molar-refractivity contribution in [2.75, 3.05) is 40.0 Å². The third-order valence-corrected chi connectivity index (χ3v) is 3.78. The Kier molecular flexibility index (Phi) is 7.54. The van der Waals surface area contributed by atoms with Gasteiger partial charge in [0.2, 0.25) is 5.91 Å². The predicted octanol–water partition coefficient (Wildman–Crippen LogP) is 0.400. The largest absolute Gasteiger partial charge is 0.465 e. The molecule has 6 nitrogen and oxygen atoms in total. The molecule has 20 heavy (non-hydrogen) atoms. The average Bonchev–Trinajstić information content (AvgIpc) is 2.91. The van der Waals surface area contributed by atoms with Crippen LogP contribution in [0.5, 0.6) is 0 Å². The number of rotatable bonds is 8. The first kappa shape index (κ1) is 16.9. The first-order chi connectivity index (χ1) is 9.63. The molecule has 0 aromatic heterocycles. The number of hydrogen-bond donors (Lipinski definition) is 1. The summed E-state index contributed by atoms with van der Waals surface area (Å²) < 4.78 is 9.93. The lowest BCUT2D eigenvalue weighted by atomic mass is 9.94. The molecule has 1 amide bonds. The molecule has 0 heterocycles. The third kappa shape index (κ3) is 4.76. The van der Waals surface area contributed by atoms with Gasteiger partial charge in [0.25, 0.3) is 0 Å². The van der Waals surface area contributed by atoms with Gasteiger partial charge in [-0.05, 0) is 32.2 Å². The summed E-state index contributed by atoms with van der Waals surface area (Å²) >= 11 is 0. The van der Waals surface area contributed by atoms with Crippen LogP contribution in [0.1, 0.15) is 26.2 Å². The molecule has 2 N–H and O–H groups in total. The molecule has 0 bridgehead atoms. The highest BCUT2D eigenvalue weighted by molar-refractivity contribution is 5.84. The highest BCUT2D eigenvalue weighted by atomic mass is 16.5. The molecular formula is C14H26N2O4. The SMILES string of the molecule is CCOC(=O)CN(CCOC)C(=O)C1CCCC1CN. The van der Waals surface area contributed by atoms with E-state index in [1.54, 1.807) is 18.9 Å². The van der Waals surface area contributed by atoms with Gasteiger partial charge in [-0.1, -0.05) is 6.42 Å². The molecule has 0 aromatic carbocycles. The Balaban J connectivity index is 2.65. The van der Waals surface area contributed by atoms with E-state index in [9.17, 15) is 9.59 Å². The number of nitrogens with two attached hydrogens (primary N) is 1. The summed E-state index contributed by atoms with van der Waals surface area (Å²) in [6.07, 6.45) is 2.87. The zero-order valence-electron chi connectivity index (χ0n) is 12.5. The van der Waals surface area contributed by atoms with Crippen LogP contribution in [0, 0.1) is 11.8 Å². The maximum atomic E-state index is 12.6. The molecule has 2 atom stereocenters. The number of esters is 1. The quantitative estimate of drug-likeness (QED) is 0.653. The summed E-state index contributed by atoms with van der Waals surface area (Å²) in [5.74, 6) is -0.205. The van der Waals surface area contributed by atoms with E-state index in [1.807, 2.05) is 0 Å². The van der Waals surface area contributed by atoms with Gasteiger partial charge in [-0.15, -0.1) is 0 Å². The van der Waals surface area contributed by atoms with Crippen LogP contribution in [0.2, 0.25) is 0 Å². The summed E-state index contributed by atoms with van der Waals surface area (Å²) in [7, 11) is 1.57. The van der Waals surface area contributed by atoms with Crippen LogP contribution in [-0.4, -0.2) is 56.7 Å². The topological polar surface area (TPSA) is 81.9 Å². The molecule has 0 saturated heterocycles. The van der Waals surface area contributed by atoms with E-state index in [0.29, 0.717) is 26.3 Å². The standard InChI is InChI=1S/C14H26N2O4/c1-3-20-13(17)10-16(7-8-19-2)14(18)12-6-4-5-11(12)9-15/h11-12H,3-10,15H2,1-2H3. The minimum absolute atomic E-state index is 0.00283. The molecule has 0 aromatic rings. The van der Waals surface area contributed by atoms with E-state index in [1.165, 1.54) is 0 Å². The van der Waals surface area contributed by atoms with Crippen LogP contribution in [0.3, 0.4) is 0 Å². The van der Waals surface area contributed by atoms with E-state index in [0.717, 1.165) is 19.3 Å². The first-order valence-corrected chi connectivity index (χ1v) is 7.27. The number of nitrogens with zero attached hydrogens (tertiary/aromatic N) is 1. The van der Waals surface area contributed by atoms with Crippen LogP contribution in [0.15, 0.2) is 0 Å². The van der Waals surface area contributed by atoms with Gasteiger partial charge in [0, 0.05) is 19.6 Å². The number of methoxy groups -OCH3 is 1. The van der Waals surface area contributed by atoms with Crippen LogP contribution in [-0.2, 0) is 19.1 Å². The summed E-state index contributed by atoms with van der Waals surface area (Å²) in [5.41, 5.74) is 5.72. The Morgan fingerprint density at radius 3 is 2.70 bits per heavy atom. The molecule has 1 fully saturated rings. The number of carbonyl (C=O) groups excluding carboxylic acids is 2. The lowest BCUT2D eigenvalue weighted by molar-refractivity contribution is -0.151. The molecular weight excluding hydrogens is 260 g/mol. The second-order valence-electron chi connectivity index (χ2n) is 5.09. The Morgan fingerprint density at radius 1 is 1.35 bits per heavy atom. The lowest BCUT2D eigenvalue weighted by Crippen LogP contribution is -2.43. The third-order valence-electron chi connectivity index (χ3n) is 3.78. The van der Waals surface area contributed by atoms with Crippen LogP contribution >= 0.6 is 0 Å². The zero-order chi connectivity index (χ0) is 15.0. The highest BCUT2D eigenvalue weighted by Crippen LogP contribution is 2.32. The minimum atomic E-state index is -0.376. The summed E-state index contributed by atoms with van der Waals surface area (Å²) in [6, 6.07) is 0. The van der Waals surface area contributed by atoms with Crippen LogP contribution in [0.4, 0.5) is 0 Å². The molecule has 6 heteroatoms. The zero-order valence-corrected chi connectivity index (χ0v) is 12.5. The van der Waals surface area contributed by atoms with Crippen molar-refractivity contribution < 1.29 is 19.1 Å². The van der Waals surface area contributed by atoms with Crippen LogP contribution in [0.25, 0.3) is 0 Å². The Hall–Kier alpha value is -1.14. The van der Waals surface area contributed by atoms with Crippen molar-refractivity contribution in [1.82, 2.24) is 4.90 Å². The monoisotopic (exact) mass is 286 g/mol. The van der Waals surface area contributed by atoms with E-state index >= 15 is 0 Å². The second-order valence-corrected chi connectivity index (χ2v) is 5.09. The van der Waals surface area contributed by atoms with Gasteiger partial charge in [0.05, 0.1) is 13.2 Å². The van der Waals surface area contributed by atoms with Crippen molar-refractivity contribution >= 4 is 11.9 Å². The lowest BCUT2D eigenvalue weighted by Gasteiger charge is -2.27. The van der Waals surface area contributed by atoms with Crippen LogP contribution < -0.4 is 5.73 Å². The van der Waals surface area contributed by atoms with Crippen molar-refractivity contribution in [3.8, 4) is 0 Å². The maximum Gasteiger partial charge on any atom is 0.325 e. The average molecular weight is 286 g/mol. The number of carbonyl (C=O) groups is 2. The second kappa shape index (κ2) is 8.92. The number of amides is 1. The van der Waals surface area contributed by atoms with Crippen molar-refractivity contribution in [3.63, 3.8) is 0 Å². The molecule has 0 spiro atoms. The fraction of sp³-hybridized carbons (Fsp3) is 0.857. The normalized spacial score (nSPS) is 21.8. The first-order valence-electron chi connectivity index (χ1n) is 7.27. The fourth-order valence-corrected chi connectivity index (χ4v) is 2.71. The van der Waals surface area contributed by atoms with Gasteiger partial charge in [0.1, 0.15) is 6.54 Å². The maximum absolute atomic E-state index is 12.6. The molecule has 1 rings (SSSR count). The van der Waals surface area contributed by atoms with Gasteiger partial charge in [-0.25, -0.2) is 0 Å². The van der Waals surface area contributed by atoms with Gasteiger partial charge >= 0.3 is 5.97 Å². The number of ether oxygens (including phenoxy) is 2. The van der Waals surface area contributed by atoms with Crippen molar-refractivity contribution in [3.05, 3.63) is 0 Å². The van der Waals surface area contributed by atoms with E-state index in [4.69, 9.17) is 15.2 Å². The minimum Gasteiger partial charge on any atom is -0.465 e. The van der Waals surface area contributed by atoms with Gasteiger partial charge in [-0.3, -0.25) is 9.59 Å². The molecule has 0 radical (unpaired) electrons. The van der Waals surface area contributed by atoms with Crippen molar-refractivity contribution in [1.29, 1.82) is 0 Å². The van der Waals surface area contributed by atoms with E-state index < -0.39 is 0 Å². The van der Waals surface area contributed by atoms with E-state index in [2.05, 4.69) is 0 Å². The Morgan fingerprint density at radius 2 is 2.10 bits per heavy atom. The Bertz CT molecular complexity index is 322. The van der Waals surface area contributed by atoms with Crippen molar-refractivity contribution in [2.24, 2.45) is 17.6 Å². The van der Waals surface area contributed by atoms with Gasteiger partial charge in [-0.2, -0.15) is 0 Å². The van der Waals surface area contributed by atoms with E-state index in [-0.39, 0.29) is 30.3 Å². The molecule has 1 saturated carbocycles. The molecule has 1 aliphatic carbocycles. The van der Waals surface area contributed by atoms with Gasteiger partial charge < -0.3 is 20.1 Å². The summed E-state index contributed by atoms with van der Waals surface area (Å²) in [5, 5.41) is 0. The predicted molar refractivity (Wildman–Crippen MR) is 75.0 cm³/mol. The molecule has 116 valence electrons. The Labute approximate surface area is 120 Å².